The first kappa shape index (κ1) is 21.7. The standard InChI is InChI=1S/C22H23N3O3S3/c1-4-24-13-16(12-23-24)25-14(2)21(30-17-7-5-6-15(10-17)22(26)27)19-9-8-18(11-20(19)25)31(3,28)29/h5-13,31H,4H2,1-3H3,(H,26,27)(H,28,29). The van der Waals surface area contributed by atoms with Crippen molar-refractivity contribution in [3.8, 4) is 5.69 Å². The molecule has 0 amide bonds. The predicted octanol–water partition coefficient (Wildman–Crippen LogP) is 4.85. The molecule has 4 rings (SSSR count). The van der Waals surface area contributed by atoms with E-state index in [1.165, 1.54) is 11.8 Å². The van der Waals surface area contributed by atoms with Gasteiger partial charge in [0, 0.05) is 44.8 Å². The minimum Gasteiger partial charge on any atom is -0.478 e. The molecule has 0 aliphatic carbocycles. The fourth-order valence-corrected chi connectivity index (χ4v) is 5.72. The van der Waals surface area contributed by atoms with E-state index in [0.717, 1.165) is 38.6 Å². The van der Waals surface area contributed by atoms with E-state index in [-0.39, 0.29) is 5.56 Å². The largest absolute Gasteiger partial charge is 0.478 e. The summed E-state index contributed by atoms with van der Waals surface area (Å²) in [6.07, 6.45) is 5.43. The molecule has 0 atom stereocenters. The summed E-state index contributed by atoms with van der Waals surface area (Å²) in [5.74, 6) is -0.953. The normalized spacial score (nSPS) is 12.4. The fraction of sp³-hybridized carbons (Fsp3) is 0.182. The summed E-state index contributed by atoms with van der Waals surface area (Å²) in [5, 5.41) is 14.7. The SMILES string of the molecule is CCn1cc(-n2c(C)c(Sc3cccc(C(=O)O)c3)c3ccc([SH](C)(=O)S)cc32)cn1. The Morgan fingerprint density at radius 2 is 2.03 bits per heavy atom. The Bertz CT molecular complexity index is 1350. The average molecular weight is 474 g/mol. The number of fused-ring (bicyclic) bond motifs is 1. The van der Waals surface area contributed by atoms with E-state index < -0.39 is 14.9 Å². The Morgan fingerprint density at radius 3 is 2.68 bits per heavy atom. The van der Waals surface area contributed by atoms with Gasteiger partial charge in [0.05, 0.1) is 23.0 Å². The molecule has 0 aliphatic rings. The molecule has 4 aromatic rings. The smallest absolute Gasteiger partial charge is 0.335 e. The molecule has 0 saturated heterocycles. The van der Waals surface area contributed by atoms with Gasteiger partial charge in [0.25, 0.3) is 0 Å². The van der Waals surface area contributed by atoms with Crippen LogP contribution < -0.4 is 0 Å². The second-order valence-corrected chi connectivity index (χ2v) is 13.0. The van der Waals surface area contributed by atoms with Gasteiger partial charge in [0.15, 0.2) is 0 Å². The van der Waals surface area contributed by atoms with Gasteiger partial charge in [-0.05, 0) is 53.1 Å². The lowest BCUT2D eigenvalue weighted by Crippen LogP contribution is -2.01. The molecule has 162 valence electrons. The lowest BCUT2D eigenvalue weighted by atomic mass is 10.2. The summed E-state index contributed by atoms with van der Waals surface area (Å²) in [4.78, 5) is 13.9. The molecule has 0 radical (unpaired) electrons. The van der Waals surface area contributed by atoms with Crippen LogP contribution in [0.4, 0.5) is 0 Å². The van der Waals surface area contributed by atoms with Gasteiger partial charge in [-0.3, -0.25) is 8.89 Å². The summed E-state index contributed by atoms with van der Waals surface area (Å²) >= 11 is 5.84. The molecule has 0 unspecified atom stereocenters. The Labute approximate surface area is 190 Å². The highest BCUT2D eigenvalue weighted by molar-refractivity contribution is 8.69. The van der Waals surface area contributed by atoms with E-state index in [0.29, 0.717) is 4.90 Å². The van der Waals surface area contributed by atoms with Crippen molar-refractivity contribution in [1.29, 1.82) is 0 Å². The second kappa shape index (κ2) is 8.22. The Kier molecular flexibility index (Phi) is 5.76. The Hall–Kier alpha value is -2.49. The molecule has 0 aliphatic heterocycles. The molecule has 0 bridgehead atoms. The number of benzene rings is 2. The number of thiol groups is 2. The van der Waals surface area contributed by atoms with Crippen molar-refractivity contribution in [1.82, 2.24) is 14.3 Å². The zero-order valence-electron chi connectivity index (χ0n) is 17.3. The zero-order valence-corrected chi connectivity index (χ0v) is 19.9. The van der Waals surface area contributed by atoms with E-state index in [2.05, 4.69) is 21.3 Å². The van der Waals surface area contributed by atoms with Crippen LogP contribution in [-0.2, 0) is 15.5 Å². The topological polar surface area (TPSA) is 77.1 Å². The third-order valence-corrected chi connectivity index (χ3v) is 8.25. The van der Waals surface area contributed by atoms with Gasteiger partial charge >= 0.3 is 5.97 Å². The molecule has 0 spiro atoms. The van der Waals surface area contributed by atoms with Crippen molar-refractivity contribution in [3.63, 3.8) is 0 Å². The van der Waals surface area contributed by atoms with Crippen LogP contribution in [0.2, 0.25) is 0 Å². The maximum atomic E-state index is 12.6. The highest BCUT2D eigenvalue weighted by Crippen LogP contribution is 2.41. The molecular formula is C22H23N3O3S3. The number of carboxylic acid groups (broad SMARTS) is 1. The van der Waals surface area contributed by atoms with Crippen LogP contribution in [0.25, 0.3) is 16.6 Å². The van der Waals surface area contributed by atoms with Crippen molar-refractivity contribution in [3.05, 3.63) is 66.1 Å². The number of nitrogens with zero attached hydrogens (tertiary/aromatic N) is 3. The van der Waals surface area contributed by atoms with Crippen LogP contribution in [0.15, 0.2) is 69.5 Å². The molecular weight excluding hydrogens is 450 g/mol. The summed E-state index contributed by atoms with van der Waals surface area (Å²) in [7, 11) is -2.74. The zero-order chi connectivity index (χ0) is 22.3. The predicted molar refractivity (Wildman–Crippen MR) is 130 cm³/mol. The van der Waals surface area contributed by atoms with Crippen LogP contribution in [0.1, 0.15) is 23.0 Å². The third-order valence-electron chi connectivity index (χ3n) is 5.11. The molecule has 0 fully saturated rings. The quantitative estimate of drug-likeness (QED) is 0.276. The summed E-state index contributed by atoms with van der Waals surface area (Å²) in [6.45, 7) is 4.81. The van der Waals surface area contributed by atoms with Crippen molar-refractivity contribution in [2.45, 2.75) is 35.1 Å². The number of carboxylic acids is 1. The van der Waals surface area contributed by atoms with E-state index in [1.54, 1.807) is 24.5 Å². The van der Waals surface area contributed by atoms with Gasteiger partial charge in [-0.1, -0.05) is 23.9 Å². The number of aryl methyl sites for hydroxylation is 1. The monoisotopic (exact) mass is 473 g/mol. The number of hydrogen-bond acceptors (Lipinski definition) is 4. The van der Waals surface area contributed by atoms with E-state index in [4.69, 9.17) is 0 Å². The number of carbonyl (C=O) groups is 1. The summed E-state index contributed by atoms with van der Waals surface area (Å²) < 4.78 is 16.6. The first-order valence-electron chi connectivity index (χ1n) is 9.69. The maximum absolute atomic E-state index is 12.6. The highest BCUT2D eigenvalue weighted by atomic mass is 33.1. The summed E-state index contributed by atoms with van der Waals surface area (Å²) in [6, 6.07) is 12.7. The van der Waals surface area contributed by atoms with E-state index in [1.807, 2.05) is 55.2 Å². The first-order valence-corrected chi connectivity index (χ1v) is 13.8. The average Bonchev–Trinajstić information content (AvgIpc) is 3.30. The lowest BCUT2D eigenvalue weighted by molar-refractivity contribution is 0.0696. The molecule has 2 aromatic carbocycles. The second-order valence-electron chi connectivity index (χ2n) is 7.32. The van der Waals surface area contributed by atoms with Crippen molar-refractivity contribution < 1.29 is 14.1 Å². The number of hydrogen-bond donors (Lipinski definition) is 3. The Morgan fingerprint density at radius 1 is 1.26 bits per heavy atom. The van der Waals surface area contributed by atoms with Gasteiger partial charge in [-0.25, -0.2) is 4.79 Å². The number of aromatic nitrogens is 3. The van der Waals surface area contributed by atoms with Crippen LogP contribution in [0.5, 0.6) is 0 Å². The minimum atomic E-state index is -2.74. The van der Waals surface area contributed by atoms with Crippen molar-refractivity contribution in [2.75, 3.05) is 6.26 Å². The Balaban J connectivity index is 1.93. The molecule has 0 saturated carbocycles. The molecule has 9 heteroatoms. The minimum absolute atomic E-state index is 0.250. The van der Waals surface area contributed by atoms with Crippen LogP contribution in [-0.4, -0.2) is 35.9 Å². The van der Waals surface area contributed by atoms with E-state index in [9.17, 15) is 14.1 Å². The first-order chi connectivity index (χ1) is 14.7. The van der Waals surface area contributed by atoms with Crippen LogP contribution in [0.3, 0.4) is 0 Å². The molecule has 6 nitrogen and oxygen atoms in total. The number of aromatic carboxylic acids is 1. The van der Waals surface area contributed by atoms with Crippen LogP contribution >= 0.6 is 23.4 Å². The summed E-state index contributed by atoms with van der Waals surface area (Å²) in [5.41, 5.74) is 3.08. The molecule has 31 heavy (non-hydrogen) atoms. The van der Waals surface area contributed by atoms with Crippen LogP contribution in [0, 0.1) is 6.92 Å². The lowest BCUT2D eigenvalue weighted by Gasteiger charge is -2.12. The molecule has 2 heterocycles. The van der Waals surface area contributed by atoms with Crippen molar-refractivity contribution >= 4 is 49.3 Å². The van der Waals surface area contributed by atoms with E-state index >= 15 is 0 Å². The van der Waals surface area contributed by atoms with Gasteiger partial charge in [-0.15, -0.1) is 11.7 Å². The highest BCUT2D eigenvalue weighted by Gasteiger charge is 2.20. The van der Waals surface area contributed by atoms with Gasteiger partial charge < -0.3 is 9.67 Å². The van der Waals surface area contributed by atoms with Gasteiger partial charge in [-0.2, -0.15) is 5.10 Å². The molecule has 1 N–H and O–H groups in total. The fourth-order valence-electron chi connectivity index (χ4n) is 3.55. The third kappa shape index (κ3) is 4.17. The maximum Gasteiger partial charge on any atom is 0.335 e. The molecule has 2 aromatic heterocycles. The number of rotatable bonds is 6. The van der Waals surface area contributed by atoms with Gasteiger partial charge in [0.2, 0.25) is 0 Å². The van der Waals surface area contributed by atoms with Gasteiger partial charge in [0.1, 0.15) is 0 Å². The van der Waals surface area contributed by atoms with Crippen molar-refractivity contribution in [2.24, 2.45) is 0 Å².